The van der Waals surface area contributed by atoms with Crippen LogP contribution in [0.4, 0.5) is 11.8 Å². The molecule has 9 heteroatoms. The van der Waals surface area contributed by atoms with Gasteiger partial charge in [-0.2, -0.15) is 9.97 Å². The van der Waals surface area contributed by atoms with Crippen molar-refractivity contribution in [2.45, 2.75) is 72.6 Å². The first-order chi connectivity index (χ1) is 15.8. The van der Waals surface area contributed by atoms with Gasteiger partial charge in [-0.1, -0.05) is 32.9 Å². The topological polar surface area (TPSA) is 142 Å². The zero-order valence-corrected chi connectivity index (χ0v) is 20.8. The van der Waals surface area contributed by atoms with Gasteiger partial charge in [0.05, 0.1) is 17.9 Å². The number of carbonyl (C=O) groups excluding carboxylic acids is 1. The van der Waals surface area contributed by atoms with Crippen LogP contribution in [0.3, 0.4) is 0 Å². The fraction of sp³-hybridized carbons (Fsp3) is 0.480. The number of nitrogen functional groups attached to an aromatic ring is 2. The molecule has 182 valence electrons. The van der Waals surface area contributed by atoms with Crippen LogP contribution >= 0.6 is 0 Å². The van der Waals surface area contributed by atoms with Gasteiger partial charge in [0.1, 0.15) is 11.4 Å². The molecule has 0 radical (unpaired) electrons. The van der Waals surface area contributed by atoms with Gasteiger partial charge in [0.15, 0.2) is 22.8 Å². The third-order valence-corrected chi connectivity index (χ3v) is 4.91. The number of carbonyl (C=O) groups is 1. The summed E-state index contributed by atoms with van der Waals surface area (Å²) in [7, 11) is 0. The summed E-state index contributed by atoms with van der Waals surface area (Å²) in [5, 5.41) is 3.37. The van der Waals surface area contributed by atoms with E-state index in [-0.39, 0.29) is 34.6 Å². The molecule has 0 aliphatic rings. The Hall–Kier alpha value is -3.33. The number of hydrogen-bond donors (Lipinski definition) is 3. The summed E-state index contributed by atoms with van der Waals surface area (Å²) in [6.45, 7) is 12.6. The molecule has 0 amide bonds. The van der Waals surface area contributed by atoms with Crippen molar-refractivity contribution in [1.29, 1.82) is 0 Å². The molecular formula is C25H35N7O2. The van der Waals surface area contributed by atoms with Gasteiger partial charge in [-0.25, -0.2) is 9.97 Å². The Kier molecular flexibility index (Phi) is 7.35. The van der Waals surface area contributed by atoms with E-state index in [0.29, 0.717) is 36.2 Å². The standard InChI is InChI=1S/C25H35N7O2/c1-24(2,3)12-19(33)18(11-15-7-9-17(10-8-15)34-25(4,5)6)28-13-16-14-29-22-20(30-16)21(26)31-23(27)32-22/h7-10,14,18,28H,11-13H2,1-6H3,(H4,26,27,29,31,32). The van der Waals surface area contributed by atoms with E-state index in [4.69, 9.17) is 16.2 Å². The Bertz CT molecular complexity index is 1150. The van der Waals surface area contributed by atoms with Crippen molar-refractivity contribution in [3.8, 4) is 5.75 Å². The largest absolute Gasteiger partial charge is 0.488 e. The number of hydrogen-bond acceptors (Lipinski definition) is 9. The van der Waals surface area contributed by atoms with Crippen LogP contribution < -0.4 is 21.5 Å². The molecule has 0 bridgehead atoms. The highest BCUT2D eigenvalue weighted by molar-refractivity contribution is 5.85. The molecule has 3 rings (SSSR count). The Morgan fingerprint density at radius 3 is 2.32 bits per heavy atom. The highest BCUT2D eigenvalue weighted by Gasteiger charge is 2.24. The van der Waals surface area contributed by atoms with E-state index in [1.165, 1.54) is 0 Å². The Balaban J connectivity index is 1.77. The molecular weight excluding hydrogens is 430 g/mol. The minimum Gasteiger partial charge on any atom is -0.488 e. The lowest BCUT2D eigenvalue weighted by Crippen LogP contribution is -2.40. The summed E-state index contributed by atoms with van der Waals surface area (Å²) >= 11 is 0. The van der Waals surface area contributed by atoms with Gasteiger partial charge in [-0.05, 0) is 50.3 Å². The number of nitrogens with one attached hydrogen (secondary N) is 1. The van der Waals surface area contributed by atoms with Gasteiger partial charge in [0.25, 0.3) is 0 Å². The Morgan fingerprint density at radius 2 is 1.71 bits per heavy atom. The van der Waals surface area contributed by atoms with Crippen molar-refractivity contribution < 1.29 is 9.53 Å². The molecule has 0 fully saturated rings. The monoisotopic (exact) mass is 465 g/mol. The number of benzene rings is 1. The van der Waals surface area contributed by atoms with E-state index in [1.54, 1.807) is 6.20 Å². The molecule has 1 atom stereocenters. The lowest BCUT2D eigenvalue weighted by Gasteiger charge is -2.24. The van der Waals surface area contributed by atoms with Crippen molar-refractivity contribution in [2.24, 2.45) is 5.41 Å². The minimum atomic E-state index is -0.383. The number of anilines is 2. The molecule has 2 heterocycles. The van der Waals surface area contributed by atoms with Crippen molar-refractivity contribution in [3.63, 3.8) is 0 Å². The molecule has 34 heavy (non-hydrogen) atoms. The highest BCUT2D eigenvalue weighted by atomic mass is 16.5. The number of nitrogens with two attached hydrogens (primary N) is 2. The van der Waals surface area contributed by atoms with Crippen LogP contribution in [0.25, 0.3) is 11.2 Å². The number of ether oxygens (including phenoxy) is 1. The van der Waals surface area contributed by atoms with Gasteiger partial charge < -0.3 is 21.5 Å². The molecule has 0 aliphatic heterocycles. The number of ketones is 1. The van der Waals surface area contributed by atoms with Crippen LogP contribution in [0.1, 0.15) is 59.2 Å². The first-order valence-electron chi connectivity index (χ1n) is 11.4. The average molecular weight is 466 g/mol. The second-order valence-corrected chi connectivity index (χ2v) is 10.7. The molecule has 1 unspecified atom stereocenters. The van der Waals surface area contributed by atoms with Gasteiger partial charge in [0, 0.05) is 13.0 Å². The molecule has 0 aliphatic carbocycles. The predicted octanol–water partition coefficient (Wildman–Crippen LogP) is 3.47. The van der Waals surface area contributed by atoms with E-state index >= 15 is 0 Å². The molecule has 9 nitrogen and oxygen atoms in total. The van der Waals surface area contributed by atoms with E-state index < -0.39 is 0 Å². The molecule has 0 spiro atoms. The average Bonchev–Trinajstić information content (AvgIpc) is 2.70. The van der Waals surface area contributed by atoms with E-state index in [0.717, 1.165) is 11.3 Å². The van der Waals surface area contributed by atoms with Crippen LogP contribution in [0.2, 0.25) is 0 Å². The molecule has 1 aromatic carbocycles. The highest BCUT2D eigenvalue weighted by Crippen LogP contribution is 2.23. The predicted molar refractivity (Wildman–Crippen MR) is 134 cm³/mol. The quantitative estimate of drug-likeness (QED) is 0.456. The fourth-order valence-electron chi connectivity index (χ4n) is 3.52. The van der Waals surface area contributed by atoms with E-state index in [9.17, 15) is 4.79 Å². The van der Waals surface area contributed by atoms with Gasteiger partial charge in [-0.3, -0.25) is 4.79 Å². The third-order valence-electron chi connectivity index (χ3n) is 4.91. The normalized spacial score (nSPS) is 13.1. The van der Waals surface area contributed by atoms with Crippen molar-refractivity contribution in [2.75, 3.05) is 11.5 Å². The van der Waals surface area contributed by atoms with Crippen molar-refractivity contribution >= 4 is 28.7 Å². The second-order valence-electron chi connectivity index (χ2n) is 10.7. The lowest BCUT2D eigenvalue weighted by molar-refractivity contribution is -0.122. The SMILES string of the molecule is CC(C)(C)CC(=O)C(Cc1ccc(OC(C)(C)C)cc1)NCc1cnc2nc(N)nc(N)c2n1. The smallest absolute Gasteiger partial charge is 0.224 e. The maximum absolute atomic E-state index is 13.2. The summed E-state index contributed by atoms with van der Waals surface area (Å²) < 4.78 is 5.91. The molecule has 0 saturated heterocycles. The third kappa shape index (κ3) is 7.34. The lowest BCUT2D eigenvalue weighted by atomic mass is 9.86. The van der Waals surface area contributed by atoms with Crippen LogP contribution in [0, 0.1) is 5.41 Å². The molecule has 5 N–H and O–H groups in total. The van der Waals surface area contributed by atoms with Crippen LogP contribution in [-0.4, -0.2) is 37.4 Å². The Morgan fingerprint density at radius 1 is 1.03 bits per heavy atom. The fourth-order valence-corrected chi connectivity index (χ4v) is 3.52. The number of aromatic nitrogens is 4. The number of fused-ring (bicyclic) bond motifs is 1. The maximum atomic E-state index is 13.2. The molecule has 0 saturated carbocycles. The summed E-state index contributed by atoms with van der Waals surface area (Å²) in [5.41, 5.74) is 13.6. The summed E-state index contributed by atoms with van der Waals surface area (Å²) in [6.07, 6.45) is 2.61. The zero-order valence-electron chi connectivity index (χ0n) is 20.8. The van der Waals surface area contributed by atoms with Gasteiger partial charge >= 0.3 is 0 Å². The number of rotatable bonds is 8. The number of nitrogens with zero attached hydrogens (tertiary/aromatic N) is 4. The van der Waals surface area contributed by atoms with Crippen molar-refractivity contribution in [3.05, 3.63) is 41.7 Å². The summed E-state index contributed by atoms with van der Waals surface area (Å²) in [5.74, 6) is 1.17. The zero-order chi connectivity index (χ0) is 25.1. The Labute approximate surface area is 200 Å². The van der Waals surface area contributed by atoms with Crippen LogP contribution in [-0.2, 0) is 17.8 Å². The first-order valence-corrected chi connectivity index (χ1v) is 11.4. The minimum absolute atomic E-state index is 0.0527. The summed E-state index contributed by atoms with van der Waals surface area (Å²) in [4.78, 5) is 30.0. The maximum Gasteiger partial charge on any atom is 0.224 e. The van der Waals surface area contributed by atoms with Crippen LogP contribution in [0.5, 0.6) is 5.75 Å². The van der Waals surface area contributed by atoms with Gasteiger partial charge in [-0.15, -0.1) is 0 Å². The number of Topliss-reactive ketones (excluding diaryl/α,β-unsaturated/α-hetero) is 1. The second kappa shape index (κ2) is 9.89. The van der Waals surface area contributed by atoms with Crippen LogP contribution in [0.15, 0.2) is 30.5 Å². The summed E-state index contributed by atoms with van der Waals surface area (Å²) in [6, 6.07) is 7.49. The van der Waals surface area contributed by atoms with E-state index in [1.807, 2.05) is 45.0 Å². The molecule has 3 aromatic rings. The van der Waals surface area contributed by atoms with E-state index in [2.05, 4.69) is 46.0 Å². The first kappa shape index (κ1) is 25.3. The van der Waals surface area contributed by atoms with Crippen molar-refractivity contribution in [1.82, 2.24) is 25.3 Å². The van der Waals surface area contributed by atoms with Gasteiger partial charge in [0.2, 0.25) is 5.95 Å². The molecule has 2 aromatic heterocycles.